The summed E-state index contributed by atoms with van der Waals surface area (Å²) in [7, 11) is 0. The third-order valence-corrected chi connectivity index (χ3v) is 6.76. The fourth-order valence-electron chi connectivity index (χ4n) is 4.02. The van der Waals surface area contributed by atoms with E-state index in [1.54, 1.807) is 13.8 Å². The second-order valence-corrected chi connectivity index (χ2v) is 11.7. The highest BCUT2D eigenvalue weighted by molar-refractivity contribution is 5.98. The SMILES string of the molecule is CC(C)C[C@H](NC(=O)[C@H](C)NC(=O)[C@H](C)NC(=O)CN)C(=O)N[C@@H](CC(N)=O)C(=O)N[C@H](C(=O)N[C@@H](CO)C(=O)N[C@@H](CO)C(=O)O)[C@@H](C)O. The zero-order valence-corrected chi connectivity index (χ0v) is 28.3. The van der Waals surface area contributed by atoms with Crippen LogP contribution < -0.4 is 48.7 Å². The lowest BCUT2D eigenvalue weighted by molar-refractivity contribution is -0.143. The van der Waals surface area contributed by atoms with Gasteiger partial charge in [0, 0.05) is 0 Å². The number of carboxylic acid groups (broad SMARTS) is 1. The monoisotopic (exact) mass is 719 g/mol. The summed E-state index contributed by atoms with van der Waals surface area (Å²) in [6, 6.07) is -10.8. The van der Waals surface area contributed by atoms with Gasteiger partial charge in [-0.2, -0.15) is 0 Å². The molecule has 0 aromatic carbocycles. The van der Waals surface area contributed by atoms with Crippen LogP contribution in [0.15, 0.2) is 0 Å². The topological polar surface area (TPSA) is 371 Å². The minimum absolute atomic E-state index is 0.00838. The Hall–Kier alpha value is -4.93. The predicted molar refractivity (Wildman–Crippen MR) is 171 cm³/mol. The van der Waals surface area contributed by atoms with Crippen LogP contribution in [-0.2, 0) is 43.2 Å². The van der Waals surface area contributed by atoms with Gasteiger partial charge in [0.25, 0.3) is 0 Å². The van der Waals surface area contributed by atoms with Crippen molar-refractivity contribution < 1.29 is 63.6 Å². The van der Waals surface area contributed by atoms with Gasteiger partial charge in [-0.15, -0.1) is 0 Å². The van der Waals surface area contributed by atoms with E-state index in [2.05, 4.69) is 26.6 Å². The summed E-state index contributed by atoms with van der Waals surface area (Å²) in [6.45, 7) is 4.71. The first-order chi connectivity index (χ1) is 23.2. The number of carboxylic acids is 1. The third kappa shape index (κ3) is 16.0. The summed E-state index contributed by atoms with van der Waals surface area (Å²) >= 11 is 0. The van der Waals surface area contributed by atoms with Gasteiger partial charge in [0.15, 0.2) is 0 Å². The molecule has 22 nitrogen and oxygen atoms in total. The highest BCUT2D eigenvalue weighted by atomic mass is 16.4. The van der Waals surface area contributed by atoms with E-state index >= 15 is 0 Å². The molecule has 0 unspecified atom stereocenters. The molecule has 0 heterocycles. The lowest BCUT2D eigenvalue weighted by Crippen LogP contribution is -2.62. The average Bonchev–Trinajstić information content (AvgIpc) is 3.02. The molecule has 0 spiro atoms. The Balaban J connectivity index is 5.88. The highest BCUT2D eigenvalue weighted by Crippen LogP contribution is 2.08. The number of primary amides is 1. The summed E-state index contributed by atoms with van der Waals surface area (Å²) in [6.07, 6.45) is -2.48. The van der Waals surface area contributed by atoms with Gasteiger partial charge in [0.1, 0.15) is 42.3 Å². The van der Waals surface area contributed by atoms with Crippen LogP contribution >= 0.6 is 0 Å². The average molecular weight is 720 g/mol. The van der Waals surface area contributed by atoms with Crippen LogP contribution in [-0.4, -0.2) is 142 Å². The Morgan fingerprint density at radius 2 is 1.02 bits per heavy atom. The Morgan fingerprint density at radius 3 is 1.48 bits per heavy atom. The van der Waals surface area contributed by atoms with Crippen molar-refractivity contribution in [3.8, 4) is 0 Å². The number of nitrogens with two attached hydrogens (primary N) is 2. The first kappa shape index (κ1) is 45.1. The minimum atomic E-state index is -1.86. The smallest absolute Gasteiger partial charge is 0.328 e. The molecular weight excluding hydrogens is 670 g/mol. The zero-order chi connectivity index (χ0) is 38.9. The van der Waals surface area contributed by atoms with E-state index in [0.717, 1.165) is 6.92 Å². The molecule has 0 saturated heterocycles. The van der Waals surface area contributed by atoms with E-state index in [-0.39, 0.29) is 18.9 Å². The number of aliphatic carboxylic acids is 1. The Kier molecular flexibility index (Phi) is 19.8. The van der Waals surface area contributed by atoms with Gasteiger partial charge in [-0.05, 0) is 33.1 Å². The van der Waals surface area contributed by atoms with Crippen molar-refractivity contribution in [1.29, 1.82) is 0 Å². The van der Waals surface area contributed by atoms with E-state index in [0.29, 0.717) is 0 Å². The molecule has 15 N–H and O–H groups in total. The van der Waals surface area contributed by atoms with Crippen LogP contribution in [0.5, 0.6) is 0 Å². The number of amides is 8. The molecular formula is C28H49N9O13. The number of rotatable bonds is 22. The number of aliphatic hydroxyl groups excluding tert-OH is 3. The third-order valence-electron chi connectivity index (χ3n) is 6.76. The fraction of sp³-hybridized carbons (Fsp3) is 0.679. The van der Waals surface area contributed by atoms with Gasteiger partial charge >= 0.3 is 5.97 Å². The van der Waals surface area contributed by atoms with Gasteiger partial charge in [0.2, 0.25) is 47.3 Å². The first-order valence-electron chi connectivity index (χ1n) is 15.4. The summed E-state index contributed by atoms with van der Waals surface area (Å²) in [5, 5.41) is 53.3. The number of aliphatic hydroxyl groups is 3. The van der Waals surface area contributed by atoms with E-state index in [1.807, 2.05) is 10.6 Å². The molecule has 0 aliphatic carbocycles. The molecule has 0 bridgehead atoms. The number of nitrogens with one attached hydrogen (secondary N) is 7. The molecule has 284 valence electrons. The lowest BCUT2D eigenvalue weighted by atomic mass is 10.0. The molecule has 22 heteroatoms. The van der Waals surface area contributed by atoms with Crippen molar-refractivity contribution in [2.45, 2.75) is 95.9 Å². The second-order valence-electron chi connectivity index (χ2n) is 11.7. The van der Waals surface area contributed by atoms with Gasteiger partial charge in [-0.25, -0.2) is 4.79 Å². The molecule has 0 aliphatic heterocycles. The van der Waals surface area contributed by atoms with Crippen molar-refractivity contribution in [2.75, 3.05) is 19.8 Å². The molecule has 8 atom stereocenters. The maximum Gasteiger partial charge on any atom is 0.328 e. The van der Waals surface area contributed by atoms with Crippen LogP contribution in [0.2, 0.25) is 0 Å². The van der Waals surface area contributed by atoms with E-state index in [9.17, 15) is 53.4 Å². The van der Waals surface area contributed by atoms with E-state index < -0.39 is 121 Å². The highest BCUT2D eigenvalue weighted by Gasteiger charge is 2.35. The van der Waals surface area contributed by atoms with Gasteiger partial charge < -0.3 is 69.1 Å². The lowest BCUT2D eigenvalue weighted by Gasteiger charge is -2.28. The molecule has 0 radical (unpaired) electrons. The van der Waals surface area contributed by atoms with Gasteiger partial charge in [-0.3, -0.25) is 38.4 Å². The summed E-state index contributed by atoms with van der Waals surface area (Å²) in [4.78, 5) is 111. The minimum Gasteiger partial charge on any atom is -0.480 e. The number of hydrogen-bond donors (Lipinski definition) is 13. The maximum absolute atomic E-state index is 13.3. The molecule has 0 saturated carbocycles. The van der Waals surface area contributed by atoms with Gasteiger partial charge in [0.05, 0.1) is 32.3 Å². The number of carbonyl (C=O) groups is 9. The van der Waals surface area contributed by atoms with Crippen molar-refractivity contribution in [2.24, 2.45) is 17.4 Å². The molecule has 0 rings (SSSR count). The standard InChI is InChI=1S/C28H49N9O13/c1-11(2)6-15(33-23(44)13(4)32-22(43)12(3)31-20(42)8-29)24(45)34-16(7-19(30)41)25(46)37-21(14(5)40)27(48)35-17(9-38)26(47)36-18(10-39)28(49)50/h11-18,21,38-40H,6-10,29H2,1-5H3,(H2,30,41)(H,31,42)(H,32,43)(H,33,44)(H,34,45)(H,35,48)(H,36,47)(H,37,46)(H,49,50)/t12-,13-,14+,15-,16-,17-,18-,21-/m0/s1. The summed E-state index contributed by atoms with van der Waals surface area (Å²) in [5.41, 5.74) is 10.5. The molecule has 0 aromatic rings. The van der Waals surface area contributed by atoms with Crippen molar-refractivity contribution in [3.63, 3.8) is 0 Å². The normalized spacial score (nSPS) is 15.7. The molecule has 0 aliphatic rings. The fourth-order valence-corrected chi connectivity index (χ4v) is 4.02. The largest absolute Gasteiger partial charge is 0.480 e. The second kappa shape index (κ2) is 21.9. The molecule has 0 aromatic heterocycles. The van der Waals surface area contributed by atoms with Crippen LogP contribution in [0.4, 0.5) is 0 Å². The zero-order valence-electron chi connectivity index (χ0n) is 28.3. The van der Waals surface area contributed by atoms with Gasteiger partial charge in [-0.1, -0.05) is 13.8 Å². The first-order valence-corrected chi connectivity index (χ1v) is 15.4. The van der Waals surface area contributed by atoms with Crippen molar-refractivity contribution in [1.82, 2.24) is 37.2 Å². The Labute approximate surface area is 287 Å². The molecule has 50 heavy (non-hydrogen) atoms. The van der Waals surface area contributed by atoms with E-state index in [4.69, 9.17) is 21.7 Å². The van der Waals surface area contributed by atoms with Crippen molar-refractivity contribution in [3.05, 3.63) is 0 Å². The Morgan fingerprint density at radius 1 is 0.580 bits per heavy atom. The predicted octanol–water partition coefficient (Wildman–Crippen LogP) is -7.25. The Bertz CT molecular complexity index is 1250. The number of carbonyl (C=O) groups excluding carboxylic acids is 8. The summed E-state index contributed by atoms with van der Waals surface area (Å²) < 4.78 is 0. The van der Waals surface area contributed by atoms with E-state index in [1.165, 1.54) is 13.8 Å². The van der Waals surface area contributed by atoms with Crippen LogP contribution in [0.3, 0.4) is 0 Å². The van der Waals surface area contributed by atoms with Crippen LogP contribution in [0.25, 0.3) is 0 Å². The van der Waals surface area contributed by atoms with Crippen LogP contribution in [0, 0.1) is 5.92 Å². The number of hydrogen-bond acceptors (Lipinski definition) is 13. The van der Waals surface area contributed by atoms with Crippen molar-refractivity contribution >= 4 is 53.2 Å². The van der Waals surface area contributed by atoms with Crippen LogP contribution in [0.1, 0.15) is 47.5 Å². The summed E-state index contributed by atoms with van der Waals surface area (Å²) in [5.74, 6) is -9.72. The molecule has 0 fully saturated rings. The quantitative estimate of drug-likeness (QED) is 0.0495. The molecule has 8 amide bonds. The maximum atomic E-state index is 13.3.